The van der Waals surface area contributed by atoms with Crippen LogP contribution in [0.2, 0.25) is 0 Å². The van der Waals surface area contributed by atoms with Crippen LogP contribution < -0.4 is 10.5 Å². The van der Waals surface area contributed by atoms with E-state index in [1.807, 2.05) is 0 Å². The quantitative estimate of drug-likeness (QED) is 0.581. The first-order valence-corrected chi connectivity index (χ1v) is 6.65. The molecule has 1 heterocycles. The molecule has 1 aromatic heterocycles. The van der Waals surface area contributed by atoms with E-state index in [9.17, 15) is 5.11 Å². The molecule has 7 nitrogen and oxygen atoms in total. The lowest BCUT2D eigenvalue weighted by Gasteiger charge is -2.11. The van der Waals surface area contributed by atoms with Crippen molar-refractivity contribution >= 4 is 17.4 Å². The highest BCUT2D eigenvalue weighted by Crippen LogP contribution is 2.16. The Kier molecular flexibility index (Phi) is 4.58. The maximum Gasteiger partial charge on any atom is 0.209 e. The van der Waals surface area contributed by atoms with Crippen LogP contribution in [0.5, 0.6) is 5.75 Å². The van der Waals surface area contributed by atoms with Crippen LogP contribution in [0, 0.1) is 0 Å². The van der Waals surface area contributed by atoms with Gasteiger partial charge in [-0.15, -0.1) is 5.10 Å². The van der Waals surface area contributed by atoms with E-state index >= 15 is 0 Å². The Bertz CT molecular complexity index is 533. The summed E-state index contributed by atoms with van der Waals surface area (Å²) >= 11 is 1.37. The van der Waals surface area contributed by atoms with Crippen LogP contribution >= 0.6 is 11.8 Å². The van der Waals surface area contributed by atoms with Crippen molar-refractivity contribution in [1.29, 1.82) is 0 Å². The van der Waals surface area contributed by atoms with Gasteiger partial charge in [-0.1, -0.05) is 17.8 Å². The van der Waals surface area contributed by atoms with E-state index in [0.717, 1.165) is 0 Å². The van der Waals surface area contributed by atoms with Crippen molar-refractivity contribution in [2.24, 2.45) is 7.05 Å². The molecule has 3 N–H and O–H groups in total. The second-order valence-electron chi connectivity index (χ2n) is 3.93. The Morgan fingerprint density at radius 2 is 2.37 bits per heavy atom. The third-order valence-electron chi connectivity index (χ3n) is 2.29. The molecule has 1 aromatic carbocycles. The van der Waals surface area contributed by atoms with Crippen molar-refractivity contribution in [3.05, 3.63) is 24.3 Å². The summed E-state index contributed by atoms with van der Waals surface area (Å²) in [7, 11) is 1.75. The average Bonchev–Trinajstić information content (AvgIpc) is 2.80. The number of hydrogen-bond donors (Lipinski definition) is 2. The van der Waals surface area contributed by atoms with Crippen LogP contribution in [0.15, 0.2) is 29.4 Å². The zero-order valence-corrected chi connectivity index (χ0v) is 11.2. The molecule has 19 heavy (non-hydrogen) atoms. The molecular formula is C11H15N5O2S. The SMILES string of the molecule is Cn1nnnc1SCC(O)COc1cccc(N)c1. The fourth-order valence-electron chi connectivity index (χ4n) is 1.36. The van der Waals surface area contributed by atoms with Crippen molar-refractivity contribution in [3.8, 4) is 5.75 Å². The Hall–Kier alpha value is -1.80. The Labute approximate surface area is 114 Å². The summed E-state index contributed by atoms with van der Waals surface area (Å²) in [5.41, 5.74) is 6.26. The molecule has 1 atom stereocenters. The van der Waals surface area contributed by atoms with Crippen LogP contribution in [0.25, 0.3) is 0 Å². The third-order valence-corrected chi connectivity index (χ3v) is 3.44. The lowest BCUT2D eigenvalue weighted by atomic mass is 10.3. The van der Waals surface area contributed by atoms with Crippen molar-refractivity contribution in [1.82, 2.24) is 20.2 Å². The van der Waals surface area contributed by atoms with Gasteiger partial charge in [0.1, 0.15) is 12.4 Å². The molecule has 2 rings (SSSR count). The molecule has 0 saturated heterocycles. The Morgan fingerprint density at radius 3 is 3.05 bits per heavy atom. The number of aryl methyl sites for hydroxylation is 1. The molecule has 8 heteroatoms. The highest BCUT2D eigenvalue weighted by atomic mass is 32.2. The average molecular weight is 281 g/mol. The molecule has 1 unspecified atom stereocenters. The minimum absolute atomic E-state index is 0.196. The molecule has 2 aromatic rings. The molecule has 0 bridgehead atoms. The molecule has 0 fully saturated rings. The normalized spacial score (nSPS) is 12.3. The van der Waals surface area contributed by atoms with Gasteiger partial charge in [0.2, 0.25) is 5.16 Å². The van der Waals surface area contributed by atoms with Crippen molar-refractivity contribution in [3.63, 3.8) is 0 Å². The molecule has 102 valence electrons. The summed E-state index contributed by atoms with van der Waals surface area (Å²) in [5.74, 6) is 1.10. The number of benzene rings is 1. The topological polar surface area (TPSA) is 99.1 Å². The number of ether oxygens (including phenoxy) is 1. The van der Waals surface area contributed by atoms with Crippen molar-refractivity contribution in [2.45, 2.75) is 11.3 Å². The van der Waals surface area contributed by atoms with Gasteiger partial charge in [-0.2, -0.15) is 0 Å². The minimum Gasteiger partial charge on any atom is -0.491 e. The number of hydrogen-bond acceptors (Lipinski definition) is 7. The highest BCUT2D eigenvalue weighted by Gasteiger charge is 2.09. The second-order valence-corrected chi connectivity index (χ2v) is 4.92. The number of aromatic nitrogens is 4. The minimum atomic E-state index is -0.608. The van der Waals surface area contributed by atoms with Gasteiger partial charge in [0.25, 0.3) is 0 Å². The highest BCUT2D eigenvalue weighted by molar-refractivity contribution is 7.99. The van der Waals surface area contributed by atoms with Gasteiger partial charge in [0, 0.05) is 24.6 Å². The number of tetrazole rings is 1. The molecular weight excluding hydrogens is 266 g/mol. The van der Waals surface area contributed by atoms with Crippen LogP contribution in [0.4, 0.5) is 5.69 Å². The molecule has 0 amide bonds. The second kappa shape index (κ2) is 6.39. The molecule has 0 aliphatic heterocycles. The van der Waals surface area contributed by atoms with Gasteiger partial charge in [-0.3, -0.25) is 0 Å². The van der Waals surface area contributed by atoms with Crippen LogP contribution in [0.3, 0.4) is 0 Å². The number of nitrogens with two attached hydrogens (primary N) is 1. The van der Waals surface area contributed by atoms with E-state index in [-0.39, 0.29) is 6.61 Å². The van der Waals surface area contributed by atoms with E-state index < -0.39 is 6.10 Å². The zero-order valence-electron chi connectivity index (χ0n) is 10.4. The summed E-state index contributed by atoms with van der Waals surface area (Å²) < 4.78 is 7.00. The predicted molar refractivity (Wildman–Crippen MR) is 71.9 cm³/mol. The number of nitrogen functional groups attached to an aromatic ring is 1. The third kappa shape index (κ3) is 4.11. The standard InChI is InChI=1S/C11H15N5O2S/c1-16-11(13-14-15-16)19-7-9(17)6-18-10-4-2-3-8(12)5-10/h2-5,9,17H,6-7,12H2,1H3. The summed E-state index contributed by atoms with van der Waals surface area (Å²) in [6.07, 6.45) is -0.608. The smallest absolute Gasteiger partial charge is 0.209 e. The van der Waals surface area contributed by atoms with Crippen molar-refractivity contribution in [2.75, 3.05) is 18.1 Å². The predicted octanol–water partition coefficient (Wildman–Crippen LogP) is 0.324. The number of aliphatic hydroxyl groups excluding tert-OH is 1. The monoisotopic (exact) mass is 281 g/mol. The van der Waals surface area contributed by atoms with Gasteiger partial charge < -0.3 is 15.6 Å². The summed E-state index contributed by atoms with van der Waals surface area (Å²) in [6.45, 7) is 0.196. The zero-order chi connectivity index (χ0) is 13.7. The maximum atomic E-state index is 9.81. The lowest BCUT2D eigenvalue weighted by molar-refractivity contribution is 0.126. The largest absolute Gasteiger partial charge is 0.491 e. The number of thioether (sulfide) groups is 1. The summed E-state index contributed by atoms with van der Waals surface area (Å²) in [4.78, 5) is 0. The first kappa shape index (κ1) is 13.6. The molecule has 0 aliphatic rings. The number of nitrogens with zero attached hydrogens (tertiary/aromatic N) is 4. The number of rotatable bonds is 6. The van der Waals surface area contributed by atoms with Crippen LogP contribution in [-0.4, -0.2) is 43.8 Å². The first-order valence-electron chi connectivity index (χ1n) is 5.66. The van der Waals surface area contributed by atoms with E-state index in [2.05, 4.69) is 15.5 Å². The van der Waals surface area contributed by atoms with E-state index in [1.165, 1.54) is 11.8 Å². The van der Waals surface area contributed by atoms with E-state index in [0.29, 0.717) is 22.3 Å². The number of anilines is 1. The summed E-state index contributed by atoms with van der Waals surface area (Å²) in [6, 6.07) is 7.09. The Morgan fingerprint density at radius 1 is 1.53 bits per heavy atom. The molecule has 0 spiro atoms. The fraction of sp³-hybridized carbons (Fsp3) is 0.364. The van der Waals surface area contributed by atoms with Crippen LogP contribution in [0.1, 0.15) is 0 Å². The van der Waals surface area contributed by atoms with E-state index in [1.54, 1.807) is 36.0 Å². The van der Waals surface area contributed by atoms with Gasteiger partial charge in [-0.05, 0) is 22.6 Å². The van der Waals surface area contributed by atoms with Gasteiger partial charge in [0.15, 0.2) is 0 Å². The first-order chi connectivity index (χ1) is 9.15. The molecule has 0 aliphatic carbocycles. The summed E-state index contributed by atoms with van der Waals surface area (Å²) in [5, 5.41) is 21.5. The molecule has 0 radical (unpaired) electrons. The van der Waals surface area contributed by atoms with E-state index in [4.69, 9.17) is 10.5 Å². The Balaban J connectivity index is 1.76. The maximum absolute atomic E-state index is 9.81. The van der Waals surface area contributed by atoms with Crippen molar-refractivity contribution < 1.29 is 9.84 Å². The van der Waals surface area contributed by atoms with Gasteiger partial charge in [-0.25, -0.2) is 4.68 Å². The fourth-order valence-corrected chi connectivity index (χ4v) is 2.11. The van der Waals surface area contributed by atoms with Gasteiger partial charge in [0.05, 0.1) is 6.10 Å². The molecule has 0 saturated carbocycles. The van der Waals surface area contributed by atoms with Gasteiger partial charge >= 0.3 is 0 Å². The number of aliphatic hydroxyl groups is 1. The lowest BCUT2D eigenvalue weighted by Crippen LogP contribution is -2.20. The van der Waals surface area contributed by atoms with Crippen LogP contribution in [-0.2, 0) is 7.05 Å².